The van der Waals surface area contributed by atoms with Gasteiger partial charge in [-0.2, -0.15) is 0 Å². The van der Waals surface area contributed by atoms with Crippen LogP contribution in [0.3, 0.4) is 0 Å². The molecule has 1 atom stereocenters. The molecule has 1 unspecified atom stereocenters. The number of azide groups is 1. The third-order valence-corrected chi connectivity index (χ3v) is 4.81. The van der Waals surface area contributed by atoms with Crippen LogP contribution in [0.4, 0.5) is 0 Å². The van der Waals surface area contributed by atoms with Crippen molar-refractivity contribution in [1.82, 2.24) is 0 Å². The van der Waals surface area contributed by atoms with Crippen molar-refractivity contribution in [3.05, 3.63) is 40.8 Å². The number of hydrogen-bond acceptors (Lipinski definition) is 3. The van der Waals surface area contributed by atoms with Crippen LogP contribution in [0.15, 0.2) is 35.4 Å². The molecule has 19 heavy (non-hydrogen) atoms. The van der Waals surface area contributed by atoms with Gasteiger partial charge in [-0.3, -0.25) is 0 Å². The predicted molar refractivity (Wildman–Crippen MR) is 75.4 cm³/mol. The summed E-state index contributed by atoms with van der Waals surface area (Å²) in [5, 5.41) is 4.69. The summed E-state index contributed by atoms with van der Waals surface area (Å²) in [7, 11) is 0. The molecule has 0 spiro atoms. The van der Waals surface area contributed by atoms with Crippen LogP contribution in [-0.4, -0.2) is 33.6 Å². The summed E-state index contributed by atoms with van der Waals surface area (Å²) in [6.07, 6.45) is 1.49. The van der Waals surface area contributed by atoms with Crippen LogP contribution in [0, 0.1) is 0 Å². The van der Waals surface area contributed by atoms with E-state index in [0.29, 0.717) is 21.6 Å². The van der Waals surface area contributed by atoms with Crippen LogP contribution in [0.2, 0.25) is 5.32 Å². The maximum absolute atomic E-state index is 10.6. The predicted octanol–water partition coefficient (Wildman–Crippen LogP) is 2.46. The van der Waals surface area contributed by atoms with E-state index in [9.17, 15) is 4.79 Å². The van der Waals surface area contributed by atoms with Crippen LogP contribution < -0.4 is 4.46 Å². The first-order chi connectivity index (χ1) is 9.22. The molecule has 0 bridgehead atoms. The van der Waals surface area contributed by atoms with Crippen molar-refractivity contribution < 1.29 is 9.53 Å². The Morgan fingerprint density at radius 2 is 2.21 bits per heavy atom. The zero-order valence-electron chi connectivity index (χ0n) is 10.9. The monoisotopic (exact) mass is 327 g/mol. The van der Waals surface area contributed by atoms with Gasteiger partial charge in [-0.15, -0.1) is 0 Å². The Labute approximate surface area is 119 Å². The molecular formula is C13H17N3O2Se. The Kier molecular flexibility index (Phi) is 7.75. The quantitative estimate of drug-likeness (QED) is 0.184. The fourth-order valence-corrected chi connectivity index (χ4v) is 3.52. The van der Waals surface area contributed by atoms with Gasteiger partial charge in [-0.25, -0.2) is 0 Å². The van der Waals surface area contributed by atoms with Gasteiger partial charge in [-0.1, -0.05) is 0 Å². The minimum absolute atomic E-state index is 0.0132. The summed E-state index contributed by atoms with van der Waals surface area (Å²) >= 11 is 0.307. The first kappa shape index (κ1) is 15.6. The Morgan fingerprint density at radius 1 is 1.47 bits per heavy atom. The molecular weight excluding hydrogens is 309 g/mol. The maximum atomic E-state index is 10.6. The van der Waals surface area contributed by atoms with Crippen molar-refractivity contribution in [1.29, 1.82) is 0 Å². The van der Waals surface area contributed by atoms with Crippen LogP contribution in [0.1, 0.15) is 19.8 Å². The fourth-order valence-electron chi connectivity index (χ4n) is 1.49. The van der Waals surface area contributed by atoms with Crippen LogP contribution >= 0.6 is 0 Å². The van der Waals surface area contributed by atoms with Gasteiger partial charge < -0.3 is 0 Å². The van der Waals surface area contributed by atoms with Crippen LogP contribution in [-0.2, 0) is 9.53 Å². The number of benzene rings is 1. The van der Waals surface area contributed by atoms with E-state index in [1.165, 1.54) is 11.4 Å². The van der Waals surface area contributed by atoms with Gasteiger partial charge in [0.05, 0.1) is 0 Å². The molecule has 0 heterocycles. The van der Waals surface area contributed by atoms with E-state index in [4.69, 9.17) is 10.3 Å². The Hall–Kier alpha value is -1.48. The number of carbonyl (C=O) groups is 1. The van der Waals surface area contributed by atoms with Gasteiger partial charge in [-0.05, 0) is 0 Å². The summed E-state index contributed by atoms with van der Waals surface area (Å²) in [5.41, 5.74) is 8.56. The molecule has 6 heteroatoms. The molecule has 1 aromatic rings. The number of carbonyl (C=O) groups excluding carboxylic acids is 1. The summed E-state index contributed by atoms with van der Waals surface area (Å²) in [5.74, 6) is -0.270. The number of rotatable bonds is 8. The van der Waals surface area contributed by atoms with E-state index in [2.05, 4.69) is 22.2 Å². The average Bonchev–Trinajstić information content (AvgIpc) is 2.41. The summed E-state index contributed by atoms with van der Waals surface area (Å²) < 4.78 is 6.16. The second-order valence-electron chi connectivity index (χ2n) is 3.97. The number of hydrogen-bond donors (Lipinski definition) is 0. The first-order valence-electron chi connectivity index (χ1n) is 6.08. The van der Waals surface area contributed by atoms with Crippen molar-refractivity contribution >= 4 is 25.4 Å². The van der Waals surface area contributed by atoms with Crippen LogP contribution in [0.25, 0.3) is 10.4 Å². The molecule has 0 fully saturated rings. The van der Waals surface area contributed by atoms with Crippen LogP contribution in [0.5, 0.6) is 0 Å². The SMILES string of the molecule is CC(=O)OCCCC(C[Se]c1ccccc1)N=[N+]=[N-]. The Balaban J connectivity index is 2.32. The second-order valence-corrected chi connectivity index (χ2v) is 6.26. The van der Waals surface area contributed by atoms with E-state index >= 15 is 0 Å². The standard InChI is InChI=1S/C13H17N3O2Se/c1-11(17)18-9-5-6-12(15-16-14)10-19-13-7-3-2-4-8-13/h2-4,7-8,12H,5-6,9-10H2,1H3. The molecule has 0 aliphatic carbocycles. The third kappa shape index (κ3) is 7.52. The van der Waals surface area contributed by atoms with Gasteiger partial charge in [0.2, 0.25) is 0 Å². The molecule has 0 saturated carbocycles. The van der Waals surface area contributed by atoms with E-state index in [0.717, 1.165) is 18.2 Å². The molecule has 5 nitrogen and oxygen atoms in total. The molecule has 0 aliphatic heterocycles. The molecule has 102 valence electrons. The molecule has 0 aliphatic rings. The third-order valence-electron chi connectivity index (χ3n) is 2.39. The van der Waals surface area contributed by atoms with Crippen molar-refractivity contribution in [3.8, 4) is 0 Å². The molecule has 1 aromatic carbocycles. The molecule has 0 N–H and O–H groups in total. The Bertz CT molecular complexity index is 433. The Morgan fingerprint density at radius 3 is 2.84 bits per heavy atom. The molecule has 0 amide bonds. The normalized spacial score (nSPS) is 11.4. The van der Waals surface area contributed by atoms with Gasteiger partial charge in [0.1, 0.15) is 0 Å². The van der Waals surface area contributed by atoms with Crippen molar-refractivity contribution in [2.45, 2.75) is 31.1 Å². The van der Waals surface area contributed by atoms with Gasteiger partial charge in [0, 0.05) is 0 Å². The number of ether oxygens (including phenoxy) is 1. The summed E-state index contributed by atoms with van der Waals surface area (Å²) in [4.78, 5) is 13.5. The number of esters is 1. The second kappa shape index (κ2) is 9.45. The zero-order chi connectivity index (χ0) is 13.9. The van der Waals surface area contributed by atoms with E-state index in [1.807, 2.05) is 18.2 Å². The summed E-state index contributed by atoms with van der Waals surface area (Å²) in [6.45, 7) is 1.79. The average molecular weight is 326 g/mol. The fraction of sp³-hybridized carbons (Fsp3) is 0.462. The van der Waals surface area contributed by atoms with Crippen molar-refractivity contribution in [2.75, 3.05) is 6.61 Å². The van der Waals surface area contributed by atoms with E-state index in [-0.39, 0.29) is 12.0 Å². The van der Waals surface area contributed by atoms with E-state index < -0.39 is 0 Å². The topological polar surface area (TPSA) is 75.1 Å². The number of nitrogens with zero attached hydrogens (tertiary/aromatic N) is 3. The van der Waals surface area contributed by atoms with Crippen molar-refractivity contribution in [2.24, 2.45) is 5.11 Å². The molecule has 1 rings (SSSR count). The van der Waals surface area contributed by atoms with Crippen molar-refractivity contribution in [3.63, 3.8) is 0 Å². The van der Waals surface area contributed by atoms with Gasteiger partial charge in [0.25, 0.3) is 0 Å². The first-order valence-corrected chi connectivity index (χ1v) is 8.14. The van der Waals surface area contributed by atoms with Gasteiger partial charge >= 0.3 is 119 Å². The summed E-state index contributed by atoms with van der Waals surface area (Å²) in [6, 6.07) is 10.2. The minimum atomic E-state index is -0.270. The zero-order valence-corrected chi connectivity index (χ0v) is 12.6. The molecule has 0 aromatic heterocycles. The van der Waals surface area contributed by atoms with E-state index in [1.54, 1.807) is 0 Å². The van der Waals surface area contributed by atoms with Gasteiger partial charge in [0.15, 0.2) is 0 Å². The molecule has 0 saturated heterocycles. The molecule has 0 radical (unpaired) electrons.